The lowest BCUT2D eigenvalue weighted by molar-refractivity contribution is 0.516. The Labute approximate surface area is 137 Å². The monoisotopic (exact) mass is 322 g/mol. The number of hydrogen-bond acceptors (Lipinski definition) is 6. The second-order valence-electron chi connectivity index (χ2n) is 5.18. The van der Waals surface area contributed by atoms with Gasteiger partial charge in [-0.05, 0) is 39.4 Å². The number of hydrogen-bond donors (Lipinski definition) is 1. The number of anilines is 1. The van der Waals surface area contributed by atoms with Gasteiger partial charge in [-0.2, -0.15) is 11.3 Å². The molecule has 23 heavy (non-hydrogen) atoms. The smallest absolute Gasteiger partial charge is 0.315 e. The average Bonchev–Trinajstić information content (AvgIpc) is 3.25. The van der Waals surface area contributed by atoms with Crippen molar-refractivity contribution in [2.24, 2.45) is 0 Å². The van der Waals surface area contributed by atoms with E-state index in [2.05, 4.69) is 44.1 Å². The Morgan fingerprint density at radius 3 is 3.04 bits per heavy atom. The Morgan fingerprint density at radius 1 is 1.13 bits per heavy atom. The van der Waals surface area contributed by atoms with Crippen LogP contribution < -0.4 is 5.32 Å². The summed E-state index contributed by atoms with van der Waals surface area (Å²) in [5, 5.41) is 17.8. The first-order chi connectivity index (χ1) is 11.4. The molecule has 0 atom stereocenters. The number of nitrogens with zero attached hydrogens (tertiary/aromatic N) is 3. The number of pyridine rings is 1. The summed E-state index contributed by atoms with van der Waals surface area (Å²) in [5.74, 6) is 0.619. The molecule has 0 radical (unpaired) electrons. The number of rotatable bonds is 5. The van der Waals surface area contributed by atoms with Crippen molar-refractivity contribution in [3.8, 4) is 0 Å². The van der Waals surface area contributed by atoms with Gasteiger partial charge in [0.15, 0.2) is 0 Å². The lowest BCUT2D eigenvalue weighted by Gasteiger charge is -2.06. The van der Waals surface area contributed by atoms with Crippen molar-refractivity contribution in [2.45, 2.75) is 13.0 Å². The Kier molecular flexibility index (Phi) is 3.73. The van der Waals surface area contributed by atoms with E-state index in [1.165, 1.54) is 16.5 Å². The van der Waals surface area contributed by atoms with Crippen LogP contribution in [0.5, 0.6) is 0 Å². The zero-order valence-corrected chi connectivity index (χ0v) is 13.1. The van der Waals surface area contributed by atoms with E-state index in [1.807, 2.05) is 23.7 Å². The van der Waals surface area contributed by atoms with Crippen molar-refractivity contribution >= 4 is 28.1 Å². The fraction of sp³-hybridized carbons (Fsp3) is 0.118. The van der Waals surface area contributed by atoms with E-state index >= 15 is 0 Å². The molecule has 1 N–H and O–H groups in total. The molecular formula is C17H14N4OS. The van der Waals surface area contributed by atoms with Gasteiger partial charge in [0.2, 0.25) is 5.89 Å². The van der Waals surface area contributed by atoms with E-state index in [0.717, 1.165) is 5.39 Å². The third kappa shape index (κ3) is 3.07. The van der Waals surface area contributed by atoms with Gasteiger partial charge in [0.05, 0.1) is 6.42 Å². The lowest BCUT2D eigenvalue weighted by Crippen LogP contribution is -2.00. The number of thiophene rings is 1. The van der Waals surface area contributed by atoms with Gasteiger partial charge in [0, 0.05) is 24.3 Å². The predicted molar refractivity (Wildman–Crippen MR) is 90.5 cm³/mol. The van der Waals surface area contributed by atoms with Gasteiger partial charge in [-0.15, -0.1) is 5.10 Å². The first-order valence-electron chi connectivity index (χ1n) is 7.27. The summed E-state index contributed by atoms with van der Waals surface area (Å²) >= 11 is 1.66. The number of fused-ring (bicyclic) bond motifs is 1. The van der Waals surface area contributed by atoms with E-state index in [-0.39, 0.29) is 0 Å². The van der Waals surface area contributed by atoms with Crippen LogP contribution in [0.15, 0.2) is 57.9 Å². The SMILES string of the molecule is c1cc(CNc2nnc(Cc3ccsc3)o2)c2ccncc2c1. The highest BCUT2D eigenvalue weighted by Gasteiger charge is 2.08. The zero-order valence-electron chi connectivity index (χ0n) is 12.3. The molecule has 0 fully saturated rings. The molecule has 5 nitrogen and oxygen atoms in total. The molecule has 3 heterocycles. The summed E-state index contributed by atoms with van der Waals surface area (Å²) in [5.41, 5.74) is 2.36. The normalized spacial score (nSPS) is 11.0. The molecule has 0 unspecified atom stereocenters. The van der Waals surface area contributed by atoms with Crippen molar-refractivity contribution in [3.63, 3.8) is 0 Å². The fourth-order valence-corrected chi connectivity index (χ4v) is 3.15. The van der Waals surface area contributed by atoms with Crippen LogP contribution in [-0.2, 0) is 13.0 Å². The van der Waals surface area contributed by atoms with Crippen molar-refractivity contribution < 1.29 is 4.42 Å². The Hall–Kier alpha value is -2.73. The summed E-state index contributed by atoms with van der Waals surface area (Å²) in [6.07, 6.45) is 4.33. The third-order valence-corrected chi connectivity index (χ3v) is 4.34. The molecular weight excluding hydrogens is 308 g/mol. The molecule has 0 saturated heterocycles. The van der Waals surface area contributed by atoms with Crippen LogP contribution in [0.4, 0.5) is 6.01 Å². The van der Waals surface area contributed by atoms with E-state index in [9.17, 15) is 0 Å². The molecule has 0 spiro atoms. The quantitative estimate of drug-likeness (QED) is 0.604. The summed E-state index contributed by atoms with van der Waals surface area (Å²) in [4.78, 5) is 4.15. The highest BCUT2D eigenvalue weighted by molar-refractivity contribution is 7.07. The number of benzene rings is 1. The molecule has 0 aliphatic heterocycles. The van der Waals surface area contributed by atoms with Gasteiger partial charge >= 0.3 is 6.01 Å². The maximum absolute atomic E-state index is 5.65. The first kappa shape index (κ1) is 13.9. The number of nitrogens with one attached hydrogen (secondary N) is 1. The number of aromatic nitrogens is 3. The van der Waals surface area contributed by atoms with Gasteiger partial charge in [-0.25, -0.2) is 0 Å². The largest absolute Gasteiger partial charge is 0.408 e. The third-order valence-electron chi connectivity index (χ3n) is 3.60. The molecule has 4 rings (SSSR count). The van der Waals surface area contributed by atoms with Gasteiger partial charge in [0.1, 0.15) is 0 Å². The lowest BCUT2D eigenvalue weighted by atomic mass is 10.1. The fourth-order valence-electron chi connectivity index (χ4n) is 2.48. The molecule has 4 aromatic rings. The summed E-state index contributed by atoms with van der Waals surface area (Å²) in [7, 11) is 0. The van der Waals surface area contributed by atoms with Crippen LogP contribution in [0.2, 0.25) is 0 Å². The summed E-state index contributed by atoms with van der Waals surface area (Å²) in [6, 6.07) is 10.7. The minimum absolute atomic E-state index is 0.446. The summed E-state index contributed by atoms with van der Waals surface area (Å²) in [6.45, 7) is 0.626. The molecule has 6 heteroatoms. The highest BCUT2D eigenvalue weighted by atomic mass is 32.1. The standard InChI is InChI=1S/C17H14N4OS/c1-2-13-9-18-6-4-15(13)14(3-1)10-19-17-21-20-16(22-17)8-12-5-7-23-11-12/h1-7,9,11H,8,10H2,(H,19,21). The van der Waals surface area contributed by atoms with Crippen molar-refractivity contribution in [2.75, 3.05) is 5.32 Å². The molecule has 0 saturated carbocycles. The van der Waals surface area contributed by atoms with Crippen LogP contribution in [0.1, 0.15) is 17.0 Å². The molecule has 0 amide bonds. The van der Waals surface area contributed by atoms with E-state index in [4.69, 9.17) is 4.42 Å². The van der Waals surface area contributed by atoms with E-state index in [0.29, 0.717) is 24.9 Å². The van der Waals surface area contributed by atoms with Gasteiger partial charge in [-0.1, -0.05) is 23.3 Å². The van der Waals surface area contributed by atoms with Crippen LogP contribution in [-0.4, -0.2) is 15.2 Å². The molecule has 3 aromatic heterocycles. The summed E-state index contributed by atoms with van der Waals surface area (Å²) < 4.78 is 5.65. The van der Waals surface area contributed by atoms with Crippen molar-refractivity contribution in [1.29, 1.82) is 0 Å². The van der Waals surface area contributed by atoms with Crippen LogP contribution >= 0.6 is 11.3 Å². The topological polar surface area (TPSA) is 63.8 Å². The van der Waals surface area contributed by atoms with Gasteiger partial charge < -0.3 is 9.73 Å². The minimum Gasteiger partial charge on any atom is -0.408 e. The molecule has 0 bridgehead atoms. The first-order valence-corrected chi connectivity index (χ1v) is 8.22. The molecule has 114 valence electrons. The highest BCUT2D eigenvalue weighted by Crippen LogP contribution is 2.19. The minimum atomic E-state index is 0.446. The second-order valence-corrected chi connectivity index (χ2v) is 5.96. The maximum Gasteiger partial charge on any atom is 0.315 e. The van der Waals surface area contributed by atoms with Crippen LogP contribution in [0, 0.1) is 0 Å². The zero-order chi connectivity index (χ0) is 15.5. The average molecular weight is 322 g/mol. The molecule has 0 aliphatic carbocycles. The van der Waals surface area contributed by atoms with Crippen molar-refractivity contribution in [3.05, 3.63) is 70.5 Å². The van der Waals surface area contributed by atoms with E-state index in [1.54, 1.807) is 17.5 Å². The molecule has 1 aromatic carbocycles. The van der Waals surface area contributed by atoms with Crippen LogP contribution in [0.3, 0.4) is 0 Å². The Balaban J connectivity index is 1.47. The van der Waals surface area contributed by atoms with Gasteiger partial charge in [0.25, 0.3) is 0 Å². The molecule has 0 aliphatic rings. The second kappa shape index (κ2) is 6.18. The maximum atomic E-state index is 5.65. The van der Waals surface area contributed by atoms with Gasteiger partial charge in [-0.3, -0.25) is 4.98 Å². The van der Waals surface area contributed by atoms with Crippen LogP contribution in [0.25, 0.3) is 10.8 Å². The van der Waals surface area contributed by atoms with E-state index < -0.39 is 0 Å². The predicted octanol–water partition coefficient (Wildman–Crippen LogP) is 3.88. The van der Waals surface area contributed by atoms with Crippen molar-refractivity contribution in [1.82, 2.24) is 15.2 Å². The Morgan fingerprint density at radius 2 is 2.13 bits per heavy atom. The Bertz CT molecular complexity index is 912.